The Morgan fingerprint density at radius 3 is 2.38 bits per heavy atom. The third-order valence-electron chi connectivity index (χ3n) is 7.95. The van der Waals surface area contributed by atoms with E-state index in [2.05, 4.69) is 4.90 Å². The summed E-state index contributed by atoms with van der Waals surface area (Å²) in [5.41, 5.74) is -0.671. The van der Waals surface area contributed by atoms with E-state index in [1.54, 1.807) is 25.7 Å². The number of phenolic OH excluding ortho intramolecular Hbond substituents is 1. The van der Waals surface area contributed by atoms with Crippen LogP contribution >= 0.6 is 0 Å². The monoisotopic (exact) mass is 521 g/mol. The van der Waals surface area contributed by atoms with Crippen LogP contribution in [-0.2, 0) is 14.3 Å². The standard InChI is InChI=1S/C27H37F2N3O5/c1-27(2,3)37-26(35)32(23-12-20(23)21-10-16(28)11-22(29)25(21)34)15-24(33)30-8-6-17(7-9-30)31-13-18-4-5-19(14-31)36-18/h10-11,17-20,23,34H,4-9,12-15H2,1-3H3/t18?,19?,20-,23+/m0/s1. The highest BCUT2D eigenvalue weighted by molar-refractivity contribution is 5.83. The number of rotatable bonds is 5. The van der Waals surface area contributed by atoms with Gasteiger partial charge in [0.25, 0.3) is 0 Å². The molecule has 0 spiro atoms. The van der Waals surface area contributed by atoms with E-state index < -0.39 is 41.0 Å². The number of likely N-dealkylation sites (tertiary alicyclic amines) is 2. The van der Waals surface area contributed by atoms with Crippen LogP contribution in [0.1, 0.15) is 64.4 Å². The predicted molar refractivity (Wildman–Crippen MR) is 131 cm³/mol. The maximum Gasteiger partial charge on any atom is 0.411 e. The highest BCUT2D eigenvalue weighted by atomic mass is 19.1. The van der Waals surface area contributed by atoms with Crippen molar-refractivity contribution in [1.82, 2.24) is 14.7 Å². The molecule has 8 nitrogen and oxygen atoms in total. The van der Waals surface area contributed by atoms with Crippen LogP contribution in [0.25, 0.3) is 0 Å². The zero-order chi connectivity index (χ0) is 26.5. The lowest BCUT2D eigenvalue weighted by Gasteiger charge is -2.42. The Morgan fingerprint density at radius 2 is 1.76 bits per heavy atom. The van der Waals surface area contributed by atoms with Gasteiger partial charge in [-0.2, -0.15) is 0 Å². The Morgan fingerprint density at radius 1 is 1.11 bits per heavy atom. The van der Waals surface area contributed by atoms with Gasteiger partial charge in [-0.3, -0.25) is 14.6 Å². The third-order valence-corrected chi connectivity index (χ3v) is 7.95. The molecule has 2 bridgehead atoms. The maximum atomic E-state index is 13.9. The van der Waals surface area contributed by atoms with Crippen molar-refractivity contribution in [3.05, 3.63) is 29.3 Å². The second kappa shape index (κ2) is 10.0. The number of carbonyl (C=O) groups excluding carboxylic acids is 2. The molecule has 204 valence electrons. The molecule has 3 heterocycles. The van der Waals surface area contributed by atoms with Crippen molar-refractivity contribution < 1.29 is 33.0 Å². The number of phenols is 1. The molecule has 3 aliphatic heterocycles. The fourth-order valence-electron chi connectivity index (χ4n) is 6.04. The van der Waals surface area contributed by atoms with Crippen LogP contribution < -0.4 is 0 Å². The Bertz CT molecular complexity index is 1030. The SMILES string of the molecule is CC(C)(C)OC(=O)N(CC(=O)N1CCC(N2CC3CCC(C2)O3)CC1)[C@@H]1C[C@H]1c1cc(F)cc(F)c1O. The molecule has 1 aliphatic carbocycles. The topological polar surface area (TPSA) is 82.6 Å². The largest absolute Gasteiger partial charge is 0.505 e. The summed E-state index contributed by atoms with van der Waals surface area (Å²) < 4.78 is 39.3. The summed E-state index contributed by atoms with van der Waals surface area (Å²) in [6, 6.07) is 1.64. The second-order valence-corrected chi connectivity index (χ2v) is 11.9. The quantitative estimate of drug-likeness (QED) is 0.638. The summed E-state index contributed by atoms with van der Waals surface area (Å²) in [4.78, 5) is 32.0. The average Bonchev–Trinajstić information content (AvgIpc) is 3.55. The molecule has 2 unspecified atom stereocenters. The van der Waals surface area contributed by atoms with Crippen LogP contribution in [-0.4, -0.2) is 94.4 Å². The van der Waals surface area contributed by atoms with Gasteiger partial charge in [0.1, 0.15) is 18.0 Å². The van der Waals surface area contributed by atoms with E-state index in [0.717, 1.165) is 44.8 Å². The fraction of sp³-hybridized carbons (Fsp3) is 0.704. The molecule has 1 aromatic rings. The lowest BCUT2D eigenvalue weighted by Crippen LogP contribution is -2.54. The Kier molecular flexibility index (Phi) is 7.08. The van der Waals surface area contributed by atoms with Crippen LogP contribution in [0.15, 0.2) is 12.1 Å². The molecule has 4 aliphatic rings. The van der Waals surface area contributed by atoms with E-state index in [1.165, 1.54) is 4.90 Å². The summed E-state index contributed by atoms with van der Waals surface area (Å²) in [6.07, 6.45) is 4.40. The van der Waals surface area contributed by atoms with Gasteiger partial charge < -0.3 is 19.5 Å². The van der Waals surface area contributed by atoms with Crippen molar-refractivity contribution in [1.29, 1.82) is 0 Å². The molecule has 3 saturated heterocycles. The number of benzene rings is 1. The number of hydrogen-bond donors (Lipinski definition) is 1. The minimum Gasteiger partial charge on any atom is -0.505 e. The number of nitrogens with zero attached hydrogens (tertiary/aromatic N) is 3. The van der Waals surface area contributed by atoms with Gasteiger partial charge in [0.15, 0.2) is 11.6 Å². The van der Waals surface area contributed by atoms with Gasteiger partial charge in [-0.05, 0) is 58.9 Å². The van der Waals surface area contributed by atoms with Crippen molar-refractivity contribution in [3.63, 3.8) is 0 Å². The van der Waals surface area contributed by atoms with Crippen LogP contribution in [0.4, 0.5) is 13.6 Å². The Labute approximate surface area is 216 Å². The molecule has 37 heavy (non-hydrogen) atoms. The number of piperidine rings is 1. The number of ether oxygens (including phenoxy) is 2. The molecule has 1 saturated carbocycles. The van der Waals surface area contributed by atoms with Gasteiger partial charge in [-0.15, -0.1) is 0 Å². The van der Waals surface area contributed by atoms with Gasteiger partial charge in [-0.25, -0.2) is 13.6 Å². The molecule has 5 rings (SSSR count). The number of fused-ring (bicyclic) bond motifs is 2. The first-order valence-corrected chi connectivity index (χ1v) is 13.3. The van der Waals surface area contributed by atoms with Gasteiger partial charge >= 0.3 is 6.09 Å². The predicted octanol–water partition coefficient (Wildman–Crippen LogP) is 3.62. The van der Waals surface area contributed by atoms with Crippen LogP contribution in [0, 0.1) is 11.6 Å². The minimum absolute atomic E-state index is 0.101. The highest BCUT2D eigenvalue weighted by Gasteiger charge is 2.48. The first-order chi connectivity index (χ1) is 17.5. The van der Waals surface area contributed by atoms with Gasteiger partial charge in [0.2, 0.25) is 5.91 Å². The lowest BCUT2D eigenvalue weighted by molar-refractivity contribution is -0.134. The van der Waals surface area contributed by atoms with E-state index in [9.17, 15) is 23.5 Å². The van der Waals surface area contributed by atoms with E-state index in [4.69, 9.17) is 9.47 Å². The molecule has 1 aromatic carbocycles. The van der Waals surface area contributed by atoms with Crippen molar-refractivity contribution >= 4 is 12.0 Å². The number of aromatic hydroxyl groups is 1. The normalized spacial score (nSPS) is 28.3. The Balaban J connectivity index is 1.23. The molecule has 0 aromatic heterocycles. The smallest absolute Gasteiger partial charge is 0.411 e. The number of amides is 2. The maximum absolute atomic E-state index is 13.9. The minimum atomic E-state index is -1.04. The van der Waals surface area contributed by atoms with Crippen LogP contribution in [0.2, 0.25) is 0 Å². The first-order valence-electron chi connectivity index (χ1n) is 13.3. The van der Waals surface area contributed by atoms with Crippen LogP contribution in [0.3, 0.4) is 0 Å². The highest BCUT2D eigenvalue weighted by Crippen LogP contribution is 2.49. The molecular formula is C27H37F2N3O5. The number of carbonyl (C=O) groups is 2. The molecular weight excluding hydrogens is 484 g/mol. The van der Waals surface area contributed by atoms with E-state index in [0.29, 0.717) is 43.8 Å². The van der Waals surface area contributed by atoms with Gasteiger partial charge in [0, 0.05) is 55.8 Å². The number of halogens is 2. The number of hydrogen-bond acceptors (Lipinski definition) is 6. The summed E-state index contributed by atoms with van der Waals surface area (Å²) in [5.74, 6) is -3.12. The van der Waals surface area contributed by atoms with E-state index in [1.807, 2.05) is 0 Å². The zero-order valence-electron chi connectivity index (χ0n) is 21.8. The van der Waals surface area contributed by atoms with E-state index >= 15 is 0 Å². The summed E-state index contributed by atoms with van der Waals surface area (Å²) in [6.45, 7) is 8.19. The summed E-state index contributed by atoms with van der Waals surface area (Å²) in [5, 5.41) is 10.1. The fourth-order valence-corrected chi connectivity index (χ4v) is 6.04. The lowest BCUT2D eigenvalue weighted by atomic mass is 10.0. The molecule has 0 radical (unpaired) electrons. The van der Waals surface area contributed by atoms with Crippen molar-refractivity contribution in [2.24, 2.45) is 0 Å². The van der Waals surface area contributed by atoms with E-state index in [-0.39, 0.29) is 18.0 Å². The molecule has 1 N–H and O–H groups in total. The molecule has 4 fully saturated rings. The summed E-state index contributed by atoms with van der Waals surface area (Å²) in [7, 11) is 0. The first kappa shape index (κ1) is 26.2. The summed E-state index contributed by atoms with van der Waals surface area (Å²) >= 11 is 0. The van der Waals surface area contributed by atoms with Crippen molar-refractivity contribution in [2.45, 2.75) is 88.7 Å². The van der Waals surface area contributed by atoms with Crippen molar-refractivity contribution in [3.8, 4) is 5.75 Å². The average molecular weight is 522 g/mol. The van der Waals surface area contributed by atoms with Gasteiger partial charge in [0.05, 0.1) is 12.2 Å². The molecule has 2 amide bonds. The van der Waals surface area contributed by atoms with Crippen molar-refractivity contribution in [2.75, 3.05) is 32.7 Å². The third kappa shape index (κ3) is 5.85. The molecule has 4 atom stereocenters. The zero-order valence-corrected chi connectivity index (χ0v) is 21.8. The molecule has 10 heteroatoms. The number of morpholine rings is 1. The second-order valence-electron chi connectivity index (χ2n) is 11.9. The Hall–Kier alpha value is -2.46. The van der Waals surface area contributed by atoms with Crippen LogP contribution in [0.5, 0.6) is 5.75 Å². The van der Waals surface area contributed by atoms with Gasteiger partial charge in [-0.1, -0.05) is 0 Å².